The fourth-order valence-corrected chi connectivity index (χ4v) is 3.69. The van der Waals surface area contributed by atoms with Crippen LogP contribution < -0.4 is 19.5 Å². The van der Waals surface area contributed by atoms with Crippen LogP contribution in [0.25, 0.3) is 0 Å². The summed E-state index contributed by atoms with van der Waals surface area (Å²) in [7, 11) is 1.63. The molecule has 1 amide bonds. The van der Waals surface area contributed by atoms with E-state index in [0.717, 1.165) is 28.4 Å². The monoisotopic (exact) mass is 397 g/mol. The van der Waals surface area contributed by atoms with Gasteiger partial charge in [0.1, 0.15) is 22.8 Å². The molecule has 0 bridgehead atoms. The van der Waals surface area contributed by atoms with Crippen molar-refractivity contribution in [3.05, 3.63) is 53.6 Å². The Bertz CT molecular complexity index is 875. The van der Waals surface area contributed by atoms with Crippen LogP contribution in [-0.2, 0) is 4.79 Å². The number of nitrogens with one attached hydrogen (secondary N) is 1. The number of carbonyl (C=O) groups is 1. The zero-order chi connectivity index (χ0) is 21.2. The van der Waals surface area contributed by atoms with Crippen molar-refractivity contribution in [1.82, 2.24) is 5.32 Å². The molecule has 2 aromatic carbocycles. The summed E-state index contributed by atoms with van der Waals surface area (Å²) in [5.41, 5.74) is 1.63. The summed E-state index contributed by atoms with van der Waals surface area (Å²) in [6.45, 7) is 10.1. The van der Waals surface area contributed by atoms with E-state index in [9.17, 15) is 4.79 Å². The average molecular weight is 398 g/mol. The Labute approximate surface area is 173 Å². The van der Waals surface area contributed by atoms with Gasteiger partial charge in [-0.15, -0.1) is 0 Å². The zero-order valence-electron chi connectivity index (χ0n) is 18.1. The van der Waals surface area contributed by atoms with Crippen LogP contribution in [0.1, 0.15) is 64.1 Å². The maximum absolute atomic E-state index is 13.0. The van der Waals surface area contributed by atoms with Gasteiger partial charge in [0.15, 0.2) is 6.10 Å². The van der Waals surface area contributed by atoms with E-state index < -0.39 is 6.10 Å². The second-order valence-electron chi connectivity index (χ2n) is 8.48. The van der Waals surface area contributed by atoms with Crippen molar-refractivity contribution in [1.29, 1.82) is 0 Å². The van der Waals surface area contributed by atoms with E-state index in [1.54, 1.807) is 14.0 Å². The smallest absolute Gasteiger partial charge is 0.261 e. The van der Waals surface area contributed by atoms with E-state index in [2.05, 4.69) is 19.2 Å². The highest BCUT2D eigenvalue weighted by Gasteiger charge is 2.35. The summed E-state index contributed by atoms with van der Waals surface area (Å²) in [4.78, 5) is 13.0. The molecule has 0 radical (unpaired) electrons. The van der Waals surface area contributed by atoms with E-state index in [1.807, 2.05) is 56.3 Å². The van der Waals surface area contributed by atoms with Gasteiger partial charge < -0.3 is 19.5 Å². The highest BCUT2D eigenvalue weighted by Crippen LogP contribution is 2.41. The van der Waals surface area contributed by atoms with Gasteiger partial charge in [-0.25, -0.2) is 0 Å². The van der Waals surface area contributed by atoms with Crippen molar-refractivity contribution in [2.45, 2.75) is 64.7 Å². The van der Waals surface area contributed by atoms with Crippen LogP contribution >= 0.6 is 0 Å². The Morgan fingerprint density at radius 2 is 1.90 bits per heavy atom. The molecule has 1 N–H and O–H groups in total. The SMILES string of the molecule is COc1ccc2c(c1)[C@H](NC(=O)[C@@H](C)Oc1ccccc1C(C)C)CC(C)(C)O2. The van der Waals surface area contributed by atoms with Gasteiger partial charge in [-0.05, 0) is 56.5 Å². The molecular formula is C24H31NO4. The standard InChI is InChI=1S/C24H31NO4/c1-15(2)18-9-7-8-10-21(18)28-16(3)23(26)25-20-14-24(4,5)29-22-12-11-17(27-6)13-19(20)22/h7-13,15-16,20H,14H2,1-6H3,(H,25,26)/t16-,20-/m1/s1. The maximum Gasteiger partial charge on any atom is 0.261 e. The lowest BCUT2D eigenvalue weighted by Gasteiger charge is -2.38. The normalized spacial score (nSPS) is 18.4. The van der Waals surface area contributed by atoms with Crippen molar-refractivity contribution >= 4 is 5.91 Å². The van der Waals surface area contributed by atoms with Crippen LogP contribution in [0.2, 0.25) is 0 Å². The van der Waals surface area contributed by atoms with Gasteiger partial charge >= 0.3 is 0 Å². The summed E-state index contributed by atoms with van der Waals surface area (Å²) in [5, 5.41) is 3.15. The number of amides is 1. The second-order valence-corrected chi connectivity index (χ2v) is 8.48. The fraction of sp³-hybridized carbons (Fsp3) is 0.458. The van der Waals surface area contributed by atoms with Gasteiger partial charge in [-0.1, -0.05) is 32.0 Å². The largest absolute Gasteiger partial charge is 0.497 e. The van der Waals surface area contributed by atoms with E-state index in [0.29, 0.717) is 12.3 Å². The third kappa shape index (κ3) is 4.84. The van der Waals surface area contributed by atoms with E-state index in [4.69, 9.17) is 14.2 Å². The number of hydrogen-bond acceptors (Lipinski definition) is 4. The van der Waals surface area contributed by atoms with Crippen LogP contribution in [0.5, 0.6) is 17.2 Å². The van der Waals surface area contributed by atoms with Crippen molar-refractivity contribution in [3.63, 3.8) is 0 Å². The Morgan fingerprint density at radius 3 is 2.59 bits per heavy atom. The first-order chi connectivity index (χ1) is 13.7. The molecule has 1 aliphatic heterocycles. The topological polar surface area (TPSA) is 56.8 Å². The molecular weight excluding hydrogens is 366 g/mol. The molecule has 0 saturated carbocycles. The quantitative estimate of drug-likeness (QED) is 0.745. The summed E-state index contributed by atoms with van der Waals surface area (Å²) in [6.07, 6.45) is 0.0451. The number of hydrogen-bond donors (Lipinski definition) is 1. The number of carbonyl (C=O) groups excluding carboxylic acids is 1. The van der Waals surface area contributed by atoms with Crippen LogP contribution in [-0.4, -0.2) is 24.7 Å². The highest BCUT2D eigenvalue weighted by atomic mass is 16.5. The van der Waals surface area contributed by atoms with Gasteiger partial charge in [0, 0.05) is 12.0 Å². The number of fused-ring (bicyclic) bond motifs is 1. The lowest BCUT2D eigenvalue weighted by Crippen LogP contribution is -2.44. The lowest BCUT2D eigenvalue weighted by molar-refractivity contribution is -0.128. The van der Waals surface area contributed by atoms with Crippen molar-refractivity contribution < 1.29 is 19.0 Å². The molecule has 1 heterocycles. The molecule has 2 aromatic rings. The first-order valence-corrected chi connectivity index (χ1v) is 10.1. The molecule has 0 saturated heterocycles. The third-order valence-electron chi connectivity index (χ3n) is 5.20. The Kier molecular flexibility index (Phi) is 6.06. The predicted octanol–water partition coefficient (Wildman–Crippen LogP) is 5.00. The van der Waals surface area contributed by atoms with Crippen LogP contribution in [0.15, 0.2) is 42.5 Å². The molecule has 0 aromatic heterocycles. The van der Waals surface area contributed by atoms with Crippen molar-refractivity contribution in [2.24, 2.45) is 0 Å². The van der Waals surface area contributed by atoms with E-state index >= 15 is 0 Å². The second kappa shape index (κ2) is 8.36. The minimum Gasteiger partial charge on any atom is -0.497 e. The highest BCUT2D eigenvalue weighted by molar-refractivity contribution is 5.81. The Hall–Kier alpha value is -2.69. The minimum absolute atomic E-state index is 0.153. The van der Waals surface area contributed by atoms with Gasteiger partial charge in [-0.2, -0.15) is 0 Å². The van der Waals surface area contributed by atoms with Crippen molar-refractivity contribution in [3.8, 4) is 17.2 Å². The number of ether oxygens (including phenoxy) is 3. The molecule has 1 aliphatic rings. The molecule has 2 atom stereocenters. The summed E-state index contributed by atoms with van der Waals surface area (Å²) in [6, 6.07) is 13.4. The third-order valence-corrected chi connectivity index (χ3v) is 5.20. The number of para-hydroxylation sites is 1. The molecule has 29 heavy (non-hydrogen) atoms. The fourth-order valence-electron chi connectivity index (χ4n) is 3.69. The molecule has 0 aliphatic carbocycles. The minimum atomic E-state index is -0.616. The predicted molar refractivity (Wildman–Crippen MR) is 114 cm³/mol. The summed E-state index contributed by atoms with van der Waals surface area (Å²) >= 11 is 0. The van der Waals surface area contributed by atoms with Crippen LogP contribution in [0, 0.1) is 0 Å². The summed E-state index contributed by atoms with van der Waals surface area (Å²) < 4.78 is 17.5. The molecule has 0 spiro atoms. The first-order valence-electron chi connectivity index (χ1n) is 10.1. The first kappa shape index (κ1) is 21.0. The Morgan fingerprint density at radius 1 is 1.17 bits per heavy atom. The molecule has 0 unspecified atom stereocenters. The van der Waals surface area contributed by atoms with E-state index in [1.165, 1.54) is 0 Å². The molecule has 3 rings (SSSR count). The van der Waals surface area contributed by atoms with Gasteiger partial charge in [-0.3, -0.25) is 4.79 Å². The summed E-state index contributed by atoms with van der Waals surface area (Å²) in [5.74, 6) is 2.42. The number of benzene rings is 2. The molecule has 0 fully saturated rings. The van der Waals surface area contributed by atoms with Crippen LogP contribution in [0.4, 0.5) is 0 Å². The zero-order valence-corrected chi connectivity index (χ0v) is 18.1. The Balaban J connectivity index is 1.78. The van der Waals surface area contributed by atoms with Gasteiger partial charge in [0.05, 0.1) is 13.2 Å². The number of rotatable bonds is 6. The molecule has 156 valence electrons. The van der Waals surface area contributed by atoms with Crippen molar-refractivity contribution in [2.75, 3.05) is 7.11 Å². The lowest BCUT2D eigenvalue weighted by atomic mass is 9.89. The molecule has 5 heteroatoms. The van der Waals surface area contributed by atoms with E-state index in [-0.39, 0.29) is 17.6 Å². The van der Waals surface area contributed by atoms with Gasteiger partial charge in [0.25, 0.3) is 5.91 Å². The average Bonchev–Trinajstić information content (AvgIpc) is 2.67. The number of methoxy groups -OCH3 is 1. The maximum atomic E-state index is 13.0. The molecule has 5 nitrogen and oxygen atoms in total. The van der Waals surface area contributed by atoms with Gasteiger partial charge in [0.2, 0.25) is 0 Å². The van der Waals surface area contributed by atoms with Crippen LogP contribution in [0.3, 0.4) is 0 Å².